The van der Waals surface area contributed by atoms with Gasteiger partial charge < -0.3 is 24.3 Å². The van der Waals surface area contributed by atoms with Gasteiger partial charge in [-0.3, -0.25) is 9.78 Å². The summed E-state index contributed by atoms with van der Waals surface area (Å²) in [4.78, 5) is 29.8. The van der Waals surface area contributed by atoms with Crippen LogP contribution in [0.25, 0.3) is 11.1 Å². The van der Waals surface area contributed by atoms with Crippen molar-refractivity contribution in [3.63, 3.8) is 0 Å². The number of aromatic nitrogens is 1. The average Bonchev–Trinajstić information content (AvgIpc) is 3.11. The lowest BCUT2D eigenvalue weighted by Gasteiger charge is -2.36. The number of nitrogens with one attached hydrogen (secondary N) is 2. The van der Waals surface area contributed by atoms with E-state index >= 15 is 0 Å². The number of carbonyl (C=O) groups is 1. The van der Waals surface area contributed by atoms with Gasteiger partial charge in [0.15, 0.2) is 23.0 Å². The third kappa shape index (κ3) is 3.93. The molecule has 0 spiro atoms. The maximum atomic E-state index is 13.9. The Kier molecular flexibility index (Phi) is 5.30. The molecule has 2 heterocycles. The molecule has 2 N–H and O–H groups in total. The Morgan fingerprint density at radius 2 is 1.87 bits per heavy atom. The maximum absolute atomic E-state index is 13.9. The van der Waals surface area contributed by atoms with E-state index in [9.17, 15) is 18.4 Å². The third-order valence-corrected chi connectivity index (χ3v) is 5.05. The highest BCUT2D eigenvalue weighted by atomic mass is 19.1. The van der Waals surface area contributed by atoms with Crippen LogP contribution in [0.3, 0.4) is 0 Å². The Morgan fingerprint density at radius 1 is 1.17 bits per heavy atom. The van der Waals surface area contributed by atoms with Gasteiger partial charge in [0.25, 0.3) is 0 Å². The van der Waals surface area contributed by atoms with Gasteiger partial charge in [0.05, 0.1) is 19.2 Å². The number of ether oxygens (including phenoxy) is 1. The zero-order valence-electron chi connectivity index (χ0n) is 16.2. The Balaban J connectivity index is 1.33. The zero-order chi connectivity index (χ0) is 21.3. The van der Waals surface area contributed by atoms with Crippen molar-refractivity contribution in [1.29, 1.82) is 0 Å². The quantitative estimate of drug-likeness (QED) is 0.660. The van der Waals surface area contributed by atoms with Crippen molar-refractivity contribution in [2.45, 2.75) is 0 Å². The van der Waals surface area contributed by atoms with E-state index in [0.717, 1.165) is 0 Å². The Bertz CT molecular complexity index is 1110. The molecule has 0 aliphatic carbocycles. The lowest BCUT2D eigenvalue weighted by Crippen LogP contribution is -2.50. The summed E-state index contributed by atoms with van der Waals surface area (Å²) in [5, 5.41) is 3.02. The van der Waals surface area contributed by atoms with Gasteiger partial charge in [0.1, 0.15) is 0 Å². The van der Waals surface area contributed by atoms with Crippen LogP contribution < -0.4 is 20.7 Å². The molecule has 0 unspecified atom stereocenters. The van der Waals surface area contributed by atoms with Crippen LogP contribution in [0.5, 0.6) is 5.75 Å². The lowest BCUT2D eigenvalue weighted by atomic mass is 10.2. The van der Waals surface area contributed by atoms with Crippen molar-refractivity contribution in [3.8, 4) is 5.75 Å². The summed E-state index contributed by atoms with van der Waals surface area (Å²) in [5.74, 6) is -2.56. The van der Waals surface area contributed by atoms with Crippen molar-refractivity contribution >= 4 is 28.4 Å². The van der Waals surface area contributed by atoms with Crippen LogP contribution in [0.1, 0.15) is 0 Å². The number of benzene rings is 2. The summed E-state index contributed by atoms with van der Waals surface area (Å²) in [6, 6.07) is 7.54. The number of halogens is 2. The first-order valence-electron chi connectivity index (χ1n) is 9.37. The number of rotatable bonds is 5. The summed E-state index contributed by atoms with van der Waals surface area (Å²) in [6.07, 6.45) is 0. The fraction of sp³-hybridized carbons (Fsp3) is 0.300. The van der Waals surface area contributed by atoms with Crippen molar-refractivity contribution in [2.24, 2.45) is 0 Å². The fourth-order valence-corrected chi connectivity index (χ4v) is 3.48. The number of anilines is 2. The molecule has 8 nitrogen and oxygen atoms in total. The minimum atomic E-state index is -0.759. The molecule has 1 amide bonds. The average molecular weight is 418 g/mol. The molecule has 1 aromatic heterocycles. The summed E-state index contributed by atoms with van der Waals surface area (Å²) < 4.78 is 37.6. The van der Waals surface area contributed by atoms with Gasteiger partial charge in [-0.2, -0.15) is 0 Å². The summed E-state index contributed by atoms with van der Waals surface area (Å²) >= 11 is 0. The number of piperazine rings is 1. The molecule has 1 aliphatic rings. The van der Waals surface area contributed by atoms with Gasteiger partial charge >= 0.3 is 5.76 Å². The summed E-state index contributed by atoms with van der Waals surface area (Å²) in [6.45, 7) is 1.85. The smallest absolute Gasteiger partial charge is 0.417 e. The number of nitrogens with zero attached hydrogens (tertiary/aromatic N) is 2. The molecule has 10 heteroatoms. The van der Waals surface area contributed by atoms with E-state index < -0.39 is 23.1 Å². The number of fused-ring (bicyclic) bond motifs is 1. The summed E-state index contributed by atoms with van der Waals surface area (Å²) in [7, 11) is 1.21. The number of hydrogen-bond donors (Lipinski definition) is 2. The largest absolute Gasteiger partial charge is 0.491 e. The normalized spacial score (nSPS) is 14.2. The number of H-pyrrole nitrogens is 1. The monoisotopic (exact) mass is 418 g/mol. The number of amides is 1. The molecule has 3 aromatic rings. The first-order chi connectivity index (χ1) is 14.4. The van der Waals surface area contributed by atoms with Crippen LogP contribution in [-0.4, -0.2) is 55.6 Å². The van der Waals surface area contributed by atoms with Crippen molar-refractivity contribution in [3.05, 3.63) is 52.5 Å². The molecule has 0 radical (unpaired) electrons. The molecule has 1 aliphatic heterocycles. The molecule has 4 rings (SSSR count). The third-order valence-electron chi connectivity index (χ3n) is 5.05. The highest BCUT2D eigenvalue weighted by molar-refractivity contribution is 5.83. The molecule has 158 valence electrons. The highest BCUT2D eigenvalue weighted by Crippen LogP contribution is 2.28. The van der Waals surface area contributed by atoms with Crippen LogP contribution in [0.2, 0.25) is 0 Å². The highest BCUT2D eigenvalue weighted by Gasteiger charge is 2.23. The van der Waals surface area contributed by atoms with Gasteiger partial charge in [-0.25, -0.2) is 13.6 Å². The molecule has 30 heavy (non-hydrogen) atoms. The molecular formula is C20H20F2N4O4. The minimum absolute atomic E-state index is 0.0754. The van der Waals surface area contributed by atoms with E-state index in [4.69, 9.17) is 9.15 Å². The Morgan fingerprint density at radius 3 is 2.53 bits per heavy atom. The number of aromatic amines is 1. The Labute approximate surface area is 170 Å². The van der Waals surface area contributed by atoms with E-state index in [0.29, 0.717) is 48.7 Å². The van der Waals surface area contributed by atoms with Gasteiger partial charge in [0.2, 0.25) is 5.91 Å². The van der Waals surface area contributed by atoms with Gasteiger partial charge in [-0.15, -0.1) is 0 Å². The van der Waals surface area contributed by atoms with E-state index in [1.54, 1.807) is 23.1 Å². The van der Waals surface area contributed by atoms with Crippen LogP contribution >= 0.6 is 0 Å². The molecule has 1 fully saturated rings. The molecular weight excluding hydrogens is 398 g/mol. The number of methoxy groups -OCH3 is 1. The van der Waals surface area contributed by atoms with Crippen molar-refractivity contribution in [2.75, 3.05) is 50.1 Å². The lowest BCUT2D eigenvalue weighted by molar-refractivity contribution is -0.129. The molecule has 0 saturated carbocycles. The molecule has 2 aromatic carbocycles. The molecule has 1 saturated heterocycles. The minimum Gasteiger partial charge on any atom is -0.491 e. The summed E-state index contributed by atoms with van der Waals surface area (Å²) in [5.41, 5.74) is 2.06. The SMILES string of the molecule is COc1c(F)cc(N2CCN(C(=O)CNc3ccc4[nH]c(=O)oc4c3)CC2)cc1F. The predicted octanol–water partition coefficient (Wildman–Crippen LogP) is 2.17. The standard InChI is InChI=1S/C20H20F2N4O4/c1-29-19-14(21)9-13(10-15(19)22)25-4-6-26(7-5-25)18(27)11-23-12-2-3-16-17(8-12)30-20(28)24-16/h2-3,8-10,23H,4-7,11H2,1H3,(H,24,28). The second-order valence-electron chi connectivity index (χ2n) is 6.89. The molecule has 0 bridgehead atoms. The first kappa shape index (κ1) is 19.7. The van der Waals surface area contributed by atoms with Crippen molar-refractivity contribution in [1.82, 2.24) is 9.88 Å². The van der Waals surface area contributed by atoms with E-state index in [-0.39, 0.29) is 12.5 Å². The van der Waals surface area contributed by atoms with Crippen molar-refractivity contribution < 1.29 is 22.7 Å². The fourth-order valence-electron chi connectivity index (χ4n) is 3.48. The van der Waals surface area contributed by atoms with Crippen LogP contribution in [0, 0.1) is 11.6 Å². The van der Waals surface area contributed by atoms with Gasteiger partial charge in [-0.1, -0.05) is 0 Å². The van der Waals surface area contributed by atoms with Crippen LogP contribution in [0.15, 0.2) is 39.5 Å². The van der Waals surface area contributed by atoms with E-state index in [1.165, 1.54) is 19.2 Å². The van der Waals surface area contributed by atoms with Gasteiger partial charge in [-0.05, 0) is 12.1 Å². The number of hydrogen-bond acceptors (Lipinski definition) is 6. The Hall–Kier alpha value is -3.56. The number of oxazole rings is 1. The number of carbonyl (C=O) groups excluding carboxylic acids is 1. The van der Waals surface area contributed by atoms with Crippen LogP contribution in [0.4, 0.5) is 20.2 Å². The zero-order valence-corrected chi connectivity index (χ0v) is 16.2. The van der Waals surface area contributed by atoms with E-state index in [2.05, 4.69) is 10.3 Å². The maximum Gasteiger partial charge on any atom is 0.417 e. The van der Waals surface area contributed by atoms with Gasteiger partial charge in [0, 0.05) is 55.8 Å². The second-order valence-corrected chi connectivity index (χ2v) is 6.89. The first-order valence-corrected chi connectivity index (χ1v) is 9.37. The topological polar surface area (TPSA) is 90.8 Å². The second kappa shape index (κ2) is 8.05. The predicted molar refractivity (Wildman–Crippen MR) is 107 cm³/mol. The van der Waals surface area contributed by atoms with E-state index in [1.807, 2.05) is 4.90 Å². The molecule has 0 atom stereocenters. The van der Waals surface area contributed by atoms with Crippen LogP contribution in [-0.2, 0) is 4.79 Å².